The molecule has 0 radical (unpaired) electrons. The Kier molecular flexibility index (Phi) is 3.46. The highest BCUT2D eigenvalue weighted by Gasteiger charge is 2.24. The highest BCUT2D eigenvalue weighted by molar-refractivity contribution is 6.04. The number of carboxylic acids is 2. The van der Waals surface area contributed by atoms with E-state index in [0.29, 0.717) is 17.1 Å². The first-order chi connectivity index (χ1) is 11.0. The average molecular weight is 312 g/mol. The van der Waals surface area contributed by atoms with Crippen molar-refractivity contribution in [2.75, 3.05) is 7.11 Å². The van der Waals surface area contributed by atoms with Crippen LogP contribution in [0.3, 0.4) is 0 Å². The highest BCUT2D eigenvalue weighted by atomic mass is 16.5. The van der Waals surface area contributed by atoms with Gasteiger partial charge in [0.05, 0.1) is 23.8 Å². The van der Waals surface area contributed by atoms with Crippen LogP contribution in [0.5, 0.6) is 5.75 Å². The number of aromatic carboxylic acids is 2. The molecule has 0 amide bonds. The van der Waals surface area contributed by atoms with Crippen molar-refractivity contribution in [2.24, 2.45) is 0 Å². The molecule has 23 heavy (non-hydrogen) atoms. The van der Waals surface area contributed by atoms with Crippen molar-refractivity contribution in [3.05, 3.63) is 53.9 Å². The number of methoxy groups -OCH3 is 1. The minimum absolute atomic E-state index is 0.0356. The molecule has 0 spiro atoms. The minimum atomic E-state index is -1.29. The number of nitrogens with zero attached hydrogens (tertiary/aromatic N) is 2. The van der Waals surface area contributed by atoms with Crippen LogP contribution >= 0.6 is 0 Å². The number of para-hydroxylation sites is 1. The molecule has 0 saturated carbocycles. The quantitative estimate of drug-likeness (QED) is 0.767. The zero-order valence-corrected chi connectivity index (χ0v) is 12.1. The fraction of sp³-hybridized carbons (Fsp3) is 0.0625. The maximum Gasteiger partial charge on any atom is 0.356 e. The Hall–Kier alpha value is -3.35. The number of hydrogen-bond acceptors (Lipinski definition) is 4. The number of carboxylic acid groups (broad SMARTS) is 2. The van der Waals surface area contributed by atoms with Crippen LogP contribution in [0.15, 0.2) is 42.6 Å². The average Bonchev–Trinajstić information content (AvgIpc) is 2.94. The van der Waals surface area contributed by atoms with Crippen LogP contribution in [0, 0.1) is 0 Å². The highest BCUT2D eigenvalue weighted by Crippen LogP contribution is 2.31. The molecule has 0 unspecified atom stereocenters. The lowest BCUT2D eigenvalue weighted by Gasteiger charge is -2.07. The van der Waals surface area contributed by atoms with E-state index in [1.165, 1.54) is 23.6 Å². The van der Waals surface area contributed by atoms with Gasteiger partial charge in [-0.15, -0.1) is 0 Å². The van der Waals surface area contributed by atoms with Crippen LogP contribution in [0.4, 0.5) is 0 Å². The van der Waals surface area contributed by atoms with E-state index in [-0.39, 0.29) is 16.8 Å². The van der Waals surface area contributed by atoms with Crippen LogP contribution in [-0.2, 0) is 0 Å². The second-order valence-electron chi connectivity index (χ2n) is 4.74. The van der Waals surface area contributed by atoms with Crippen LogP contribution in [0.2, 0.25) is 0 Å². The van der Waals surface area contributed by atoms with Gasteiger partial charge in [-0.25, -0.2) is 14.6 Å². The maximum atomic E-state index is 11.5. The molecular weight excluding hydrogens is 300 g/mol. The summed E-state index contributed by atoms with van der Waals surface area (Å²) in [7, 11) is 1.50. The number of pyridine rings is 1. The molecule has 0 aliphatic carbocycles. The standard InChI is InChI=1S/C16H12N2O5/c1-23-11-7-3-2-5-9(11)14-17-12(16(21)22)13-10(15(19)20)6-4-8-18(13)14/h2-8H,1H3,(H,19,20)(H,21,22). The number of carbonyl (C=O) groups is 2. The first-order valence-electron chi connectivity index (χ1n) is 6.65. The number of aromatic nitrogens is 2. The van der Waals surface area contributed by atoms with E-state index in [0.717, 1.165) is 0 Å². The van der Waals surface area contributed by atoms with Gasteiger partial charge in [0.2, 0.25) is 0 Å². The van der Waals surface area contributed by atoms with Crippen LogP contribution in [0.1, 0.15) is 20.8 Å². The zero-order valence-electron chi connectivity index (χ0n) is 12.1. The second kappa shape index (κ2) is 5.45. The SMILES string of the molecule is COc1ccccc1-c1nc(C(=O)O)c2c(C(=O)O)cccn12. The molecule has 7 heteroatoms. The first-order valence-corrected chi connectivity index (χ1v) is 6.65. The number of rotatable bonds is 4. The normalized spacial score (nSPS) is 10.7. The Morgan fingerprint density at radius 2 is 1.83 bits per heavy atom. The summed E-state index contributed by atoms with van der Waals surface area (Å²) in [6.45, 7) is 0. The fourth-order valence-corrected chi connectivity index (χ4v) is 2.48. The predicted octanol–water partition coefficient (Wildman–Crippen LogP) is 2.41. The molecule has 0 bridgehead atoms. The van der Waals surface area contributed by atoms with Gasteiger partial charge in [0.1, 0.15) is 11.6 Å². The molecule has 2 aromatic heterocycles. The molecule has 0 aliphatic rings. The Balaban J connectivity index is 2.42. The largest absolute Gasteiger partial charge is 0.496 e. The summed E-state index contributed by atoms with van der Waals surface area (Å²) in [4.78, 5) is 27.0. The Morgan fingerprint density at radius 3 is 2.48 bits per heavy atom. The molecule has 1 aromatic carbocycles. The van der Waals surface area contributed by atoms with Crippen molar-refractivity contribution < 1.29 is 24.5 Å². The van der Waals surface area contributed by atoms with E-state index in [2.05, 4.69) is 4.98 Å². The molecule has 2 N–H and O–H groups in total. The first kappa shape index (κ1) is 14.6. The third-order valence-electron chi connectivity index (χ3n) is 3.45. The summed E-state index contributed by atoms with van der Waals surface area (Å²) in [5.41, 5.74) is 0.163. The molecule has 0 atom stereocenters. The van der Waals surface area contributed by atoms with Gasteiger partial charge in [0.25, 0.3) is 0 Å². The zero-order chi connectivity index (χ0) is 16.6. The summed E-state index contributed by atoms with van der Waals surface area (Å²) < 4.78 is 6.73. The molecule has 7 nitrogen and oxygen atoms in total. The van der Waals surface area contributed by atoms with Crippen LogP contribution < -0.4 is 4.74 Å². The van der Waals surface area contributed by atoms with Crippen LogP contribution in [0.25, 0.3) is 16.9 Å². The maximum absolute atomic E-state index is 11.5. The van der Waals surface area contributed by atoms with Gasteiger partial charge in [-0.1, -0.05) is 12.1 Å². The number of fused-ring (bicyclic) bond motifs is 1. The molecule has 3 aromatic rings. The van der Waals surface area contributed by atoms with Crippen molar-refractivity contribution in [3.63, 3.8) is 0 Å². The van der Waals surface area contributed by atoms with E-state index in [4.69, 9.17) is 4.74 Å². The Morgan fingerprint density at radius 1 is 1.09 bits per heavy atom. The van der Waals surface area contributed by atoms with E-state index >= 15 is 0 Å². The number of benzene rings is 1. The molecular formula is C16H12N2O5. The predicted molar refractivity (Wildman–Crippen MR) is 81.1 cm³/mol. The number of ether oxygens (including phenoxy) is 1. The summed E-state index contributed by atoms with van der Waals surface area (Å²) in [5.74, 6) is -1.70. The molecule has 0 saturated heterocycles. The molecule has 0 fully saturated rings. The monoisotopic (exact) mass is 312 g/mol. The van der Waals surface area contributed by atoms with Gasteiger partial charge in [-0.3, -0.25) is 4.40 Å². The van der Waals surface area contributed by atoms with E-state index in [1.807, 2.05) is 0 Å². The number of hydrogen-bond donors (Lipinski definition) is 2. The molecule has 116 valence electrons. The van der Waals surface area contributed by atoms with Crippen molar-refractivity contribution in [1.82, 2.24) is 9.38 Å². The Bertz CT molecular complexity index is 929. The van der Waals surface area contributed by atoms with Crippen LogP contribution in [-0.4, -0.2) is 38.6 Å². The van der Waals surface area contributed by atoms with E-state index in [1.54, 1.807) is 30.5 Å². The van der Waals surface area contributed by atoms with Gasteiger partial charge in [0, 0.05) is 6.20 Å². The molecule has 2 heterocycles. The lowest BCUT2D eigenvalue weighted by Crippen LogP contribution is -2.04. The molecule has 3 rings (SSSR count). The van der Waals surface area contributed by atoms with Gasteiger partial charge < -0.3 is 14.9 Å². The van der Waals surface area contributed by atoms with Gasteiger partial charge >= 0.3 is 11.9 Å². The van der Waals surface area contributed by atoms with Crippen molar-refractivity contribution in [2.45, 2.75) is 0 Å². The van der Waals surface area contributed by atoms with Crippen molar-refractivity contribution in [1.29, 1.82) is 0 Å². The Labute approximate surface area is 130 Å². The van der Waals surface area contributed by atoms with Gasteiger partial charge in [-0.2, -0.15) is 0 Å². The van der Waals surface area contributed by atoms with Gasteiger partial charge in [-0.05, 0) is 24.3 Å². The van der Waals surface area contributed by atoms with E-state index < -0.39 is 11.9 Å². The fourth-order valence-electron chi connectivity index (χ4n) is 2.48. The third-order valence-corrected chi connectivity index (χ3v) is 3.45. The topological polar surface area (TPSA) is 101 Å². The minimum Gasteiger partial charge on any atom is -0.496 e. The third kappa shape index (κ3) is 2.28. The van der Waals surface area contributed by atoms with E-state index in [9.17, 15) is 19.8 Å². The summed E-state index contributed by atoms with van der Waals surface area (Å²) in [6, 6.07) is 9.87. The van der Waals surface area contributed by atoms with Crippen molar-refractivity contribution >= 4 is 17.5 Å². The lowest BCUT2D eigenvalue weighted by atomic mass is 10.2. The molecule has 0 aliphatic heterocycles. The number of imidazole rings is 1. The smallest absolute Gasteiger partial charge is 0.356 e. The van der Waals surface area contributed by atoms with Crippen molar-refractivity contribution in [3.8, 4) is 17.1 Å². The van der Waals surface area contributed by atoms with Gasteiger partial charge in [0.15, 0.2) is 5.69 Å². The lowest BCUT2D eigenvalue weighted by molar-refractivity contribution is 0.0691. The summed E-state index contributed by atoms with van der Waals surface area (Å²) in [6.07, 6.45) is 1.57. The summed E-state index contributed by atoms with van der Waals surface area (Å²) in [5, 5.41) is 18.7. The second-order valence-corrected chi connectivity index (χ2v) is 4.74. The summed E-state index contributed by atoms with van der Waals surface area (Å²) >= 11 is 0.